The van der Waals surface area contributed by atoms with Crippen molar-refractivity contribution in [1.29, 1.82) is 0 Å². The summed E-state index contributed by atoms with van der Waals surface area (Å²) in [7, 11) is 0. The van der Waals surface area contributed by atoms with E-state index < -0.39 is 0 Å². The summed E-state index contributed by atoms with van der Waals surface area (Å²) < 4.78 is 0. The van der Waals surface area contributed by atoms with Crippen molar-refractivity contribution < 1.29 is 4.79 Å². The molecule has 0 radical (unpaired) electrons. The average Bonchev–Trinajstić information content (AvgIpc) is 2.83. The zero-order valence-electron chi connectivity index (χ0n) is 18.4. The van der Waals surface area contributed by atoms with Gasteiger partial charge in [-0.1, -0.05) is 24.3 Å². The van der Waals surface area contributed by atoms with Gasteiger partial charge in [-0.3, -0.25) is 4.79 Å². The second kappa shape index (κ2) is 12.0. The first-order chi connectivity index (χ1) is 15.2. The highest BCUT2D eigenvalue weighted by atomic mass is 127. The number of amides is 1. The van der Waals surface area contributed by atoms with Gasteiger partial charge in [-0.05, 0) is 50.3 Å². The number of nitrogens with two attached hydrogens (primary N) is 1. The summed E-state index contributed by atoms with van der Waals surface area (Å²) in [6.45, 7) is 4.09. The van der Waals surface area contributed by atoms with Gasteiger partial charge in [0, 0.05) is 43.6 Å². The molecule has 1 aromatic carbocycles. The predicted molar refractivity (Wildman–Crippen MR) is 140 cm³/mol. The van der Waals surface area contributed by atoms with E-state index in [9.17, 15) is 4.79 Å². The fourth-order valence-electron chi connectivity index (χ4n) is 4.38. The molecule has 2 fully saturated rings. The van der Waals surface area contributed by atoms with Crippen molar-refractivity contribution >= 4 is 47.3 Å². The molecule has 2 saturated heterocycles. The molecule has 2 aliphatic rings. The Morgan fingerprint density at radius 1 is 1.06 bits per heavy atom. The van der Waals surface area contributed by atoms with Gasteiger partial charge in [0.05, 0.1) is 12.5 Å². The quantitative estimate of drug-likeness (QED) is 0.337. The molecule has 2 aliphatic heterocycles. The number of benzene rings is 1. The number of primary amides is 1. The second-order valence-electron chi connectivity index (χ2n) is 8.35. The molecule has 0 spiro atoms. The highest BCUT2D eigenvalue weighted by Crippen LogP contribution is 2.25. The summed E-state index contributed by atoms with van der Waals surface area (Å²) in [6.07, 6.45) is 7.27. The highest BCUT2D eigenvalue weighted by Gasteiger charge is 2.26. The number of hydrogen-bond acceptors (Lipinski definition) is 4. The maximum Gasteiger partial charge on any atom is 0.222 e. The first-order valence-electron chi connectivity index (χ1n) is 11.3. The smallest absolute Gasteiger partial charge is 0.222 e. The first-order valence-corrected chi connectivity index (χ1v) is 11.3. The molecule has 172 valence electrons. The number of carbonyl (C=O) groups excluding carboxylic acids is 1. The van der Waals surface area contributed by atoms with Crippen molar-refractivity contribution in [1.82, 2.24) is 9.88 Å². The summed E-state index contributed by atoms with van der Waals surface area (Å²) in [5.41, 5.74) is 7.69. The standard InChI is InChI=1S/C24H32N6O.HI/c25-22(31)20-10-8-16-30(18-20)23-19(9-7-13-26-23)17-27-24(29-14-5-2-6-15-29)28-21-11-3-1-4-12-21;/h1,3-4,7,9,11-13,20H,2,5-6,8,10,14-18H2,(H2,25,31)(H,27,28);1H. The van der Waals surface area contributed by atoms with Crippen LogP contribution in [0.2, 0.25) is 0 Å². The van der Waals surface area contributed by atoms with Gasteiger partial charge in [-0.2, -0.15) is 0 Å². The number of anilines is 2. The summed E-state index contributed by atoms with van der Waals surface area (Å²) in [5, 5.41) is 3.52. The van der Waals surface area contributed by atoms with Crippen LogP contribution >= 0.6 is 24.0 Å². The molecule has 3 N–H and O–H groups in total. The first kappa shape index (κ1) is 24.3. The lowest BCUT2D eigenvalue weighted by molar-refractivity contribution is -0.122. The molecule has 0 aliphatic carbocycles. The topological polar surface area (TPSA) is 86.9 Å². The fourth-order valence-corrected chi connectivity index (χ4v) is 4.38. The Balaban J connectivity index is 0.00000289. The van der Waals surface area contributed by atoms with Crippen molar-refractivity contribution in [2.45, 2.75) is 38.6 Å². The SMILES string of the molecule is I.NC(=O)C1CCCN(c2ncccc2CN=C(Nc2ccccc2)N2CCCCC2)C1. The third-order valence-corrected chi connectivity index (χ3v) is 6.08. The Hall–Kier alpha value is -2.36. The zero-order chi connectivity index (χ0) is 21.5. The van der Waals surface area contributed by atoms with Gasteiger partial charge in [-0.15, -0.1) is 24.0 Å². The van der Waals surface area contributed by atoms with Crippen LogP contribution in [0.15, 0.2) is 53.7 Å². The zero-order valence-corrected chi connectivity index (χ0v) is 20.8. The molecule has 1 aromatic heterocycles. The monoisotopic (exact) mass is 548 g/mol. The number of para-hydroxylation sites is 1. The van der Waals surface area contributed by atoms with E-state index >= 15 is 0 Å². The third kappa shape index (κ3) is 6.34. The fraction of sp³-hybridized carbons (Fsp3) is 0.458. The summed E-state index contributed by atoms with van der Waals surface area (Å²) >= 11 is 0. The maximum absolute atomic E-state index is 11.7. The minimum absolute atomic E-state index is 0. The largest absolute Gasteiger partial charge is 0.369 e. The highest BCUT2D eigenvalue weighted by molar-refractivity contribution is 14.0. The van der Waals surface area contributed by atoms with Crippen LogP contribution in [-0.2, 0) is 11.3 Å². The van der Waals surface area contributed by atoms with Crippen molar-refractivity contribution in [3.05, 3.63) is 54.2 Å². The summed E-state index contributed by atoms with van der Waals surface area (Å²) in [5.74, 6) is 1.49. The molecule has 1 amide bonds. The van der Waals surface area contributed by atoms with Crippen molar-refractivity contribution in [3.8, 4) is 0 Å². The van der Waals surface area contributed by atoms with E-state index in [0.717, 1.165) is 55.5 Å². The molecule has 0 saturated carbocycles. The maximum atomic E-state index is 11.7. The number of aromatic nitrogens is 1. The Bertz CT molecular complexity index is 900. The van der Waals surface area contributed by atoms with Crippen LogP contribution in [0.5, 0.6) is 0 Å². The van der Waals surface area contributed by atoms with Crippen LogP contribution in [0.3, 0.4) is 0 Å². The van der Waals surface area contributed by atoms with Gasteiger partial charge in [-0.25, -0.2) is 9.98 Å². The Kier molecular flexibility index (Phi) is 9.13. The van der Waals surface area contributed by atoms with E-state index in [4.69, 9.17) is 10.7 Å². The number of nitrogens with zero attached hydrogens (tertiary/aromatic N) is 4. The van der Waals surface area contributed by atoms with Gasteiger partial charge in [0.25, 0.3) is 0 Å². The lowest BCUT2D eigenvalue weighted by Crippen LogP contribution is -2.42. The minimum Gasteiger partial charge on any atom is -0.369 e. The van der Waals surface area contributed by atoms with Gasteiger partial charge in [0.15, 0.2) is 5.96 Å². The predicted octanol–water partition coefficient (Wildman–Crippen LogP) is 3.86. The number of halogens is 1. The van der Waals surface area contributed by atoms with Crippen LogP contribution in [0.25, 0.3) is 0 Å². The van der Waals surface area contributed by atoms with Crippen molar-refractivity contribution in [3.63, 3.8) is 0 Å². The lowest BCUT2D eigenvalue weighted by Gasteiger charge is -2.33. The van der Waals surface area contributed by atoms with Crippen LogP contribution in [0, 0.1) is 5.92 Å². The molecular formula is C24H33IN6O. The van der Waals surface area contributed by atoms with Crippen molar-refractivity contribution in [2.75, 3.05) is 36.4 Å². The molecule has 0 bridgehead atoms. The van der Waals surface area contributed by atoms with Crippen LogP contribution in [0.4, 0.5) is 11.5 Å². The summed E-state index contributed by atoms with van der Waals surface area (Å²) in [6, 6.07) is 14.2. The van der Waals surface area contributed by atoms with Crippen LogP contribution < -0.4 is 16.0 Å². The number of pyridine rings is 1. The van der Waals surface area contributed by atoms with E-state index in [1.807, 2.05) is 30.5 Å². The molecular weight excluding hydrogens is 515 g/mol. The number of aliphatic imine (C=N–C) groups is 1. The van der Waals surface area contributed by atoms with Crippen LogP contribution in [-0.4, -0.2) is 47.9 Å². The van der Waals surface area contributed by atoms with E-state index in [1.165, 1.54) is 19.3 Å². The van der Waals surface area contributed by atoms with E-state index in [2.05, 4.69) is 38.3 Å². The van der Waals surface area contributed by atoms with Gasteiger partial charge in [0.1, 0.15) is 5.82 Å². The molecule has 7 nitrogen and oxygen atoms in total. The molecule has 32 heavy (non-hydrogen) atoms. The molecule has 4 rings (SSSR count). The number of rotatable bonds is 5. The Morgan fingerprint density at radius 3 is 2.59 bits per heavy atom. The van der Waals surface area contributed by atoms with E-state index in [0.29, 0.717) is 13.1 Å². The van der Waals surface area contributed by atoms with Crippen molar-refractivity contribution in [2.24, 2.45) is 16.6 Å². The number of likely N-dealkylation sites (tertiary alicyclic amines) is 1. The average molecular weight is 548 g/mol. The normalized spacial score (nSPS) is 19.2. The third-order valence-electron chi connectivity index (χ3n) is 6.08. The number of guanidine groups is 1. The Labute approximate surface area is 207 Å². The van der Waals surface area contributed by atoms with E-state index in [-0.39, 0.29) is 35.8 Å². The van der Waals surface area contributed by atoms with Crippen LogP contribution in [0.1, 0.15) is 37.7 Å². The summed E-state index contributed by atoms with van der Waals surface area (Å²) in [4.78, 5) is 25.9. The lowest BCUT2D eigenvalue weighted by atomic mass is 9.97. The molecule has 1 unspecified atom stereocenters. The van der Waals surface area contributed by atoms with Gasteiger partial charge < -0.3 is 20.9 Å². The number of nitrogens with one attached hydrogen (secondary N) is 1. The van der Waals surface area contributed by atoms with E-state index in [1.54, 1.807) is 0 Å². The number of piperidine rings is 2. The molecule has 8 heteroatoms. The number of carbonyl (C=O) groups is 1. The molecule has 1 atom stereocenters. The van der Waals surface area contributed by atoms with Gasteiger partial charge in [0.2, 0.25) is 5.91 Å². The Morgan fingerprint density at radius 2 is 1.84 bits per heavy atom. The molecule has 3 heterocycles. The van der Waals surface area contributed by atoms with Gasteiger partial charge >= 0.3 is 0 Å². The second-order valence-corrected chi connectivity index (χ2v) is 8.35. The minimum atomic E-state index is -0.223. The molecule has 2 aromatic rings. The number of hydrogen-bond donors (Lipinski definition) is 2.